The number of aldehydes is 1. The molecule has 0 heterocycles. The van der Waals surface area contributed by atoms with Gasteiger partial charge in [-0.1, -0.05) is 61.0 Å². The van der Waals surface area contributed by atoms with E-state index in [4.69, 9.17) is 4.74 Å². The van der Waals surface area contributed by atoms with E-state index >= 15 is 0 Å². The second-order valence-corrected chi connectivity index (χ2v) is 8.97. The maximum atomic E-state index is 11.8. The van der Waals surface area contributed by atoms with Crippen LogP contribution in [0.4, 0.5) is 0 Å². The molecule has 194 valence electrons. The maximum absolute atomic E-state index is 11.8. The van der Waals surface area contributed by atoms with Crippen LogP contribution in [-0.2, 0) is 11.3 Å². The number of allylic oxidation sites excluding steroid dienone is 3. The number of hydrogen-bond acceptors (Lipinski definition) is 6. The summed E-state index contributed by atoms with van der Waals surface area (Å²) < 4.78 is 6.49. The summed E-state index contributed by atoms with van der Waals surface area (Å²) in [5, 5.41) is 3.24. The van der Waals surface area contributed by atoms with E-state index in [1.165, 1.54) is 0 Å². The summed E-state index contributed by atoms with van der Waals surface area (Å²) in [4.78, 5) is 20.6. The molecule has 2 aromatic rings. The first-order chi connectivity index (χ1) is 17.4. The fourth-order valence-corrected chi connectivity index (χ4v) is 3.81. The Morgan fingerprint density at radius 3 is 2.42 bits per heavy atom. The van der Waals surface area contributed by atoms with Crippen LogP contribution in [0.5, 0.6) is 5.75 Å². The Balaban J connectivity index is 2.12. The summed E-state index contributed by atoms with van der Waals surface area (Å²) >= 11 is 0. The van der Waals surface area contributed by atoms with Gasteiger partial charge in [0.1, 0.15) is 17.7 Å². The Labute approximate surface area is 217 Å². The third kappa shape index (κ3) is 9.10. The largest absolute Gasteiger partial charge is 0.484 e. The summed E-state index contributed by atoms with van der Waals surface area (Å²) in [5.74, 6) is 1.58. The van der Waals surface area contributed by atoms with Crippen molar-refractivity contribution in [3.63, 3.8) is 0 Å². The van der Waals surface area contributed by atoms with Gasteiger partial charge in [0.05, 0.1) is 5.57 Å². The van der Waals surface area contributed by atoms with E-state index in [2.05, 4.69) is 47.4 Å². The minimum Gasteiger partial charge on any atom is -0.484 e. The van der Waals surface area contributed by atoms with E-state index in [1.54, 1.807) is 6.21 Å². The summed E-state index contributed by atoms with van der Waals surface area (Å²) in [6, 6.07) is 18.5. The van der Waals surface area contributed by atoms with Gasteiger partial charge in [0, 0.05) is 45.0 Å². The number of para-hydroxylation sites is 1. The Hall–Kier alpha value is -3.22. The lowest BCUT2D eigenvalue weighted by molar-refractivity contribution is -0.104. The molecule has 0 saturated heterocycles. The Morgan fingerprint density at radius 2 is 1.78 bits per heavy atom. The molecule has 0 aliphatic carbocycles. The first-order valence-corrected chi connectivity index (χ1v) is 12.6. The van der Waals surface area contributed by atoms with Crippen LogP contribution in [0.2, 0.25) is 0 Å². The first-order valence-electron chi connectivity index (χ1n) is 12.6. The molecule has 6 nitrogen and oxygen atoms in total. The molecule has 0 spiro atoms. The number of likely N-dealkylation sites (N-methyl/N-ethyl adjacent to an activating group) is 3. The second kappa shape index (κ2) is 15.7. The van der Waals surface area contributed by atoms with Crippen LogP contribution in [0.15, 0.2) is 82.6 Å². The van der Waals surface area contributed by atoms with Crippen molar-refractivity contribution in [1.29, 1.82) is 0 Å². The highest BCUT2D eigenvalue weighted by molar-refractivity contribution is 5.79. The molecule has 0 aromatic heterocycles. The van der Waals surface area contributed by atoms with Gasteiger partial charge in [-0.05, 0) is 52.1 Å². The Kier molecular flexibility index (Phi) is 12.7. The molecule has 2 aromatic carbocycles. The fraction of sp³-hybridized carbons (Fsp3) is 0.400. The summed E-state index contributed by atoms with van der Waals surface area (Å²) in [6.07, 6.45) is 5.38. The van der Waals surface area contributed by atoms with Crippen LogP contribution in [0.3, 0.4) is 0 Å². The number of carbonyl (C=O) groups excluding carboxylic acids is 1. The van der Waals surface area contributed by atoms with Gasteiger partial charge in [0.25, 0.3) is 0 Å². The molecule has 0 aliphatic heterocycles. The average molecular weight is 491 g/mol. The lowest BCUT2D eigenvalue weighted by atomic mass is 10.1. The molecule has 0 fully saturated rings. The minimum absolute atomic E-state index is 0.0743. The molecule has 0 amide bonds. The standard InChI is InChI=1S/C30H42N4O2/c1-7-24(3)20-27(23-35)30(32-8-2)34(6)19-18-33(5)22-26-16-12-13-17-28(26)36-29(21-31-4)25-14-10-9-11-15-25/h8-17,20,23,29,31H,7,18-19,21-22H2,1-6H3/b24-20-,30-27-,32-8-. The lowest BCUT2D eigenvalue weighted by Crippen LogP contribution is -2.30. The van der Waals surface area contributed by atoms with E-state index in [1.807, 2.05) is 75.3 Å². The third-order valence-corrected chi connectivity index (χ3v) is 6.02. The number of benzene rings is 2. The molecule has 0 aliphatic rings. The van der Waals surface area contributed by atoms with E-state index < -0.39 is 0 Å². The molecule has 2 rings (SSSR count). The van der Waals surface area contributed by atoms with Crippen LogP contribution < -0.4 is 10.1 Å². The van der Waals surface area contributed by atoms with Gasteiger partial charge in [-0.15, -0.1) is 0 Å². The fourth-order valence-electron chi connectivity index (χ4n) is 3.81. The number of hydrogen-bond donors (Lipinski definition) is 1. The monoisotopic (exact) mass is 490 g/mol. The Morgan fingerprint density at radius 1 is 1.08 bits per heavy atom. The van der Waals surface area contributed by atoms with Gasteiger partial charge >= 0.3 is 0 Å². The molecule has 1 atom stereocenters. The zero-order valence-electron chi connectivity index (χ0n) is 22.7. The molecule has 1 N–H and O–H groups in total. The van der Waals surface area contributed by atoms with Gasteiger partial charge < -0.3 is 19.9 Å². The molecular weight excluding hydrogens is 448 g/mol. The average Bonchev–Trinajstić information content (AvgIpc) is 2.90. The van der Waals surface area contributed by atoms with Crippen LogP contribution in [0.25, 0.3) is 0 Å². The van der Waals surface area contributed by atoms with Crippen LogP contribution >= 0.6 is 0 Å². The zero-order chi connectivity index (χ0) is 26.3. The van der Waals surface area contributed by atoms with Gasteiger partial charge in [0.2, 0.25) is 0 Å². The predicted molar refractivity (Wildman–Crippen MR) is 150 cm³/mol. The number of nitrogens with one attached hydrogen (secondary N) is 1. The van der Waals surface area contributed by atoms with Crippen molar-refractivity contribution in [1.82, 2.24) is 15.1 Å². The number of ether oxygens (including phenoxy) is 1. The van der Waals surface area contributed by atoms with Crippen molar-refractivity contribution in [3.05, 3.63) is 88.8 Å². The van der Waals surface area contributed by atoms with Gasteiger partial charge in [-0.2, -0.15) is 0 Å². The highest BCUT2D eigenvalue weighted by atomic mass is 16.5. The predicted octanol–water partition coefficient (Wildman–Crippen LogP) is 5.25. The van der Waals surface area contributed by atoms with Crippen molar-refractivity contribution < 1.29 is 9.53 Å². The maximum Gasteiger partial charge on any atom is 0.153 e. The quantitative estimate of drug-likeness (QED) is 0.160. The second-order valence-electron chi connectivity index (χ2n) is 8.97. The molecule has 0 radical (unpaired) electrons. The van der Waals surface area contributed by atoms with Crippen molar-refractivity contribution in [2.24, 2.45) is 4.99 Å². The normalized spacial score (nSPS) is 13.6. The first kappa shape index (κ1) is 29.0. The molecule has 6 heteroatoms. The zero-order valence-corrected chi connectivity index (χ0v) is 22.7. The van der Waals surface area contributed by atoms with Crippen LogP contribution in [0, 0.1) is 0 Å². The third-order valence-electron chi connectivity index (χ3n) is 6.02. The number of rotatable bonds is 15. The number of carbonyl (C=O) groups is 1. The van der Waals surface area contributed by atoms with Crippen molar-refractivity contribution in [2.45, 2.75) is 39.8 Å². The smallest absolute Gasteiger partial charge is 0.153 e. The van der Waals surface area contributed by atoms with Gasteiger partial charge in [0.15, 0.2) is 6.29 Å². The van der Waals surface area contributed by atoms with E-state index in [0.717, 1.165) is 61.3 Å². The van der Waals surface area contributed by atoms with Crippen LogP contribution in [-0.4, -0.2) is 63.1 Å². The summed E-state index contributed by atoms with van der Waals surface area (Å²) in [5.41, 5.74) is 4.03. The summed E-state index contributed by atoms with van der Waals surface area (Å²) in [6.45, 7) is 8.98. The van der Waals surface area contributed by atoms with Gasteiger partial charge in [-0.25, -0.2) is 4.99 Å². The van der Waals surface area contributed by atoms with Crippen LogP contribution in [0.1, 0.15) is 44.4 Å². The molecule has 1 unspecified atom stereocenters. The number of nitrogens with zero attached hydrogens (tertiary/aromatic N) is 3. The Bertz CT molecular complexity index is 1030. The lowest BCUT2D eigenvalue weighted by Gasteiger charge is -2.26. The topological polar surface area (TPSA) is 57.2 Å². The highest BCUT2D eigenvalue weighted by Gasteiger charge is 2.16. The van der Waals surface area contributed by atoms with E-state index in [-0.39, 0.29) is 6.10 Å². The van der Waals surface area contributed by atoms with Crippen molar-refractivity contribution in [2.75, 3.05) is 40.8 Å². The molecular formula is C30H42N4O2. The summed E-state index contributed by atoms with van der Waals surface area (Å²) in [7, 11) is 6.02. The molecule has 0 saturated carbocycles. The van der Waals surface area contributed by atoms with E-state index in [0.29, 0.717) is 11.4 Å². The SMILES string of the molecule is C\C=N/C(=C(C=O)\C=C(\C)CC)N(C)CCN(C)Cc1ccccc1OC(CNC)c1ccccc1. The van der Waals surface area contributed by atoms with E-state index in [9.17, 15) is 4.79 Å². The number of aliphatic imine (C=N–C) groups is 1. The van der Waals surface area contributed by atoms with Crippen molar-refractivity contribution in [3.8, 4) is 5.75 Å². The highest BCUT2D eigenvalue weighted by Crippen LogP contribution is 2.26. The minimum atomic E-state index is -0.0743. The molecule has 36 heavy (non-hydrogen) atoms. The molecule has 0 bridgehead atoms. The van der Waals surface area contributed by atoms with Crippen molar-refractivity contribution >= 4 is 12.5 Å². The van der Waals surface area contributed by atoms with Gasteiger partial charge in [-0.3, -0.25) is 4.79 Å².